The van der Waals surface area contributed by atoms with Gasteiger partial charge in [0, 0.05) is 25.5 Å². The molecule has 7 heteroatoms. The molecule has 110 valence electrons. The highest BCUT2D eigenvalue weighted by Crippen LogP contribution is 2.21. The molecule has 1 aliphatic heterocycles. The van der Waals surface area contributed by atoms with Gasteiger partial charge >= 0.3 is 0 Å². The first-order valence-corrected chi connectivity index (χ1v) is 6.92. The minimum absolute atomic E-state index is 0.411. The third kappa shape index (κ3) is 3.62. The first-order valence-electron chi connectivity index (χ1n) is 6.92. The van der Waals surface area contributed by atoms with Crippen LogP contribution < -0.4 is 9.64 Å². The van der Waals surface area contributed by atoms with Gasteiger partial charge in [-0.05, 0) is 18.8 Å². The van der Waals surface area contributed by atoms with Crippen LogP contribution in [0.2, 0.25) is 0 Å². The van der Waals surface area contributed by atoms with E-state index in [1.54, 1.807) is 18.6 Å². The third-order valence-corrected chi connectivity index (χ3v) is 3.51. The van der Waals surface area contributed by atoms with E-state index in [0.717, 1.165) is 25.9 Å². The number of anilines is 1. The fraction of sp³-hybridized carbons (Fsp3) is 0.429. The Bertz CT molecular complexity index is 557. The van der Waals surface area contributed by atoms with Gasteiger partial charge in [0.1, 0.15) is 0 Å². The maximum atomic E-state index is 12.8. The molecule has 0 amide bonds. The molecule has 3 rings (SSSR count). The van der Waals surface area contributed by atoms with Crippen LogP contribution in [-0.2, 0) is 0 Å². The van der Waals surface area contributed by atoms with Crippen LogP contribution in [0.5, 0.6) is 5.88 Å². The second-order valence-electron chi connectivity index (χ2n) is 4.99. The molecular formula is C14H16FN5O. The molecule has 0 N–H and O–H groups in total. The maximum Gasteiger partial charge on any atom is 0.232 e. The average molecular weight is 289 g/mol. The van der Waals surface area contributed by atoms with Gasteiger partial charge in [0.15, 0.2) is 5.82 Å². The topological polar surface area (TPSA) is 64.0 Å². The summed E-state index contributed by atoms with van der Waals surface area (Å²) in [4.78, 5) is 18.1. The van der Waals surface area contributed by atoms with E-state index in [1.165, 1.54) is 12.4 Å². The average Bonchev–Trinajstić information content (AvgIpc) is 2.55. The number of hydrogen-bond donors (Lipinski definition) is 0. The quantitative estimate of drug-likeness (QED) is 0.853. The summed E-state index contributed by atoms with van der Waals surface area (Å²) in [6.07, 6.45) is 9.22. The molecule has 6 nitrogen and oxygen atoms in total. The summed E-state index contributed by atoms with van der Waals surface area (Å²) < 4.78 is 18.4. The van der Waals surface area contributed by atoms with Gasteiger partial charge in [-0.2, -0.15) is 0 Å². The van der Waals surface area contributed by atoms with Crippen molar-refractivity contribution in [2.24, 2.45) is 5.92 Å². The SMILES string of the molecule is Fc1cnc(N2CCC(COc3cnccn3)CC2)nc1. The van der Waals surface area contributed by atoms with Crippen LogP contribution in [0.3, 0.4) is 0 Å². The highest BCUT2D eigenvalue weighted by atomic mass is 19.1. The fourth-order valence-electron chi connectivity index (χ4n) is 2.33. The zero-order valence-electron chi connectivity index (χ0n) is 11.5. The predicted molar refractivity (Wildman–Crippen MR) is 74.5 cm³/mol. The molecule has 3 heterocycles. The van der Waals surface area contributed by atoms with E-state index in [4.69, 9.17) is 4.74 Å². The number of rotatable bonds is 4. The lowest BCUT2D eigenvalue weighted by Crippen LogP contribution is -2.36. The summed E-state index contributed by atoms with van der Waals surface area (Å²) in [7, 11) is 0. The number of aromatic nitrogens is 4. The van der Waals surface area contributed by atoms with Gasteiger partial charge in [0.05, 0.1) is 25.2 Å². The van der Waals surface area contributed by atoms with Crippen LogP contribution >= 0.6 is 0 Å². The van der Waals surface area contributed by atoms with Gasteiger partial charge in [-0.3, -0.25) is 4.98 Å². The van der Waals surface area contributed by atoms with E-state index in [-0.39, 0.29) is 0 Å². The normalized spacial score (nSPS) is 16.0. The van der Waals surface area contributed by atoms with E-state index < -0.39 is 5.82 Å². The first kappa shape index (κ1) is 13.7. The monoisotopic (exact) mass is 289 g/mol. The van der Waals surface area contributed by atoms with Gasteiger partial charge in [-0.1, -0.05) is 0 Å². The Hall–Kier alpha value is -2.31. The number of ether oxygens (including phenoxy) is 1. The molecule has 1 saturated heterocycles. The number of nitrogens with zero attached hydrogens (tertiary/aromatic N) is 5. The summed E-state index contributed by atoms with van der Waals surface area (Å²) >= 11 is 0. The van der Waals surface area contributed by atoms with Crippen LogP contribution in [0.1, 0.15) is 12.8 Å². The fourth-order valence-corrected chi connectivity index (χ4v) is 2.33. The van der Waals surface area contributed by atoms with Crippen molar-refractivity contribution in [2.45, 2.75) is 12.8 Å². The predicted octanol–water partition coefficient (Wildman–Crippen LogP) is 1.70. The highest BCUT2D eigenvalue weighted by Gasteiger charge is 2.21. The second-order valence-corrected chi connectivity index (χ2v) is 4.99. The van der Waals surface area contributed by atoms with Crippen LogP contribution in [0.25, 0.3) is 0 Å². The summed E-state index contributed by atoms with van der Waals surface area (Å²) in [6, 6.07) is 0. The molecule has 21 heavy (non-hydrogen) atoms. The Kier molecular flexibility index (Phi) is 4.18. The van der Waals surface area contributed by atoms with E-state index in [2.05, 4.69) is 24.8 Å². The Morgan fingerprint density at radius 3 is 2.52 bits per heavy atom. The molecule has 0 saturated carbocycles. The first-order chi connectivity index (χ1) is 10.3. The lowest BCUT2D eigenvalue weighted by molar-refractivity contribution is 0.215. The zero-order valence-corrected chi connectivity index (χ0v) is 11.5. The largest absolute Gasteiger partial charge is 0.476 e. The second kappa shape index (κ2) is 6.43. The molecule has 0 unspecified atom stereocenters. The number of piperidine rings is 1. The highest BCUT2D eigenvalue weighted by molar-refractivity contribution is 5.29. The van der Waals surface area contributed by atoms with E-state index in [1.807, 2.05) is 0 Å². The Morgan fingerprint density at radius 1 is 1.10 bits per heavy atom. The standard InChI is InChI=1S/C14H16FN5O/c15-12-7-18-14(19-8-12)20-5-1-11(2-6-20)10-21-13-9-16-3-4-17-13/h3-4,7-9,11H,1-2,5-6,10H2. The van der Waals surface area contributed by atoms with Gasteiger partial charge in [-0.25, -0.2) is 19.3 Å². The van der Waals surface area contributed by atoms with Crippen molar-refractivity contribution >= 4 is 5.95 Å². The molecule has 0 spiro atoms. The Balaban J connectivity index is 1.48. The maximum absolute atomic E-state index is 12.8. The van der Waals surface area contributed by atoms with E-state index >= 15 is 0 Å². The number of halogens is 1. The summed E-state index contributed by atoms with van der Waals surface area (Å²) in [5, 5.41) is 0. The van der Waals surface area contributed by atoms with Crippen LogP contribution in [0, 0.1) is 11.7 Å². The molecule has 2 aromatic rings. The molecule has 2 aromatic heterocycles. The molecule has 1 aliphatic rings. The summed E-state index contributed by atoms with van der Waals surface area (Å²) in [5.41, 5.74) is 0. The van der Waals surface area contributed by atoms with Crippen molar-refractivity contribution < 1.29 is 9.13 Å². The minimum Gasteiger partial charge on any atom is -0.476 e. The van der Waals surface area contributed by atoms with Gasteiger partial charge in [0.2, 0.25) is 11.8 Å². The zero-order chi connectivity index (χ0) is 14.5. The molecule has 0 atom stereocenters. The van der Waals surface area contributed by atoms with Crippen molar-refractivity contribution in [3.63, 3.8) is 0 Å². The van der Waals surface area contributed by atoms with Crippen molar-refractivity contribution in [3.8, 4) is 5.88 Å². The lowest BCUT2D eigenvalue weighted by atomic mass is 9.98. The van der Waals surface area contributed by atoms with E-state index in [9.17, 15) is 4.39 Å². The van der Waals surface area contributed by atoms with Crippen molar-refractivity contribution in [3.05, 3.63) is 36.8 Å². The van der Waals surface area contributed by atoms with Crippen LogP contribution in [-0.4, -0.2) is 39.6 Å². The van der Waals surface area contributed by atoms with Gasteiger partial charge in [-0.15, -0.1) is 0 Å². The summed E-state index contributed by atoms with van der Waals surface area (Å²) in [6.45, 7) is 2.33. The van der Waals surface area contributed by atoms with Crippen LogP contribution in [0.15, 0.2) is 31.0 Å². The van der Waals surface area contributed by atoms with Gasteiger partial charge < -0.3 is 9.64 Å². The Morgan fingerprint density at radius 2 is 1.86 bits per heavy atom. The van der Waals surface area contributed by atoms with Crippen molar-refractivity contribution in [2.75, 3.05) is 24.6 Å². The van der Waals surface area contributed by atoms with Crippen molar-refractivity contribution in [1.29, 1.82) is 0 Å². The minimum atomic E-state index is -0.411. The lowest BCUT2D eigenvalue weighted by Gasteiger charge is -2.31. The number of hydrogen-bond acceptors (Lipinski definition) is 6. The van der Waals surface area contributed by atoms with Crippen LogP contribution in [0.4, 0.5) is 10.3 Å². The smallest absolute Gasteiger partial charge is 0.232 e. The molecular weight excluding hydrogens is 273 g/mol. The summed E-state index contributed by atoms with van der Waals surface area (Å²) in [5.74, 6) is 1.21. The Labute approximate surface area is 122 Å². The van der Waals surface area contributed by atoms with E-state index in [0.29, 0.717) is 24.4 Å². The molecule has 0 bridgehead atoms. The third-order valence-electron chi connectivity index (χ3n) is 3.51. The van der Waals surface area contributed by atoms with Crippen molar-refractivity contribution in [1.82, 2.24) is 19.9 Å². The molecule has 0 aromatic carbocycles. The molecule has 0 aliphatic carbocycles. The molecule has 0 radical (unpaired) electrons. The molecule has 1 fully saturated rings. The van der Waals surface area contributed by atoms with Gasteiger partial charge in [0.25, 0.3) is 0 Å².